The zero-order chi connectivity index (χ0) is 12.6. The fraction of sp³-hybridized carbons (Fsp3) is 0.545. The molecule has 92 valence electrons. The van der Waals surface area contributed by atoms with Gasteiger partial charge in [-0.25, -0.2) is 9.78 Å². The van der Waals surface area contributed by atoms with Crippen LogP contribution in [-0.2, 0) is 4.79 Å². The van der Waals surface area contributed by atoms with Crippen molar-refractivity contribution in [2.45, 2.75) is 32.2 Å². The number of rotatable bonds is 4. The number of carbonyl (C=O) groups excluding carboxylic acids is 1. The predicted octanol–water partition coefficient (Wildman–Crippen LogP) is 1.43. The number of nitrogens with one attached hydrogen (secondary N) is 1. The van der Waals surface area contributed by atoms with Crippen molar-refractivity contribution >= 4 is 23.2 Å². The Labute approximate surface area is 103 Å². The summed E-state index contributed by atoms with van der Waals surface area (Å²) in [5, 5.41) is 14.2. The second-order valence-corrected chi connectivity index (χ2v) is 5.55. The Morgan fingerprint density at radius 3 is 2.65 bits per heavy atom. The predicted molar refractivity (Wildman–Crippen MR) is 63.1 cm³/mol. The number of hydrogen-bond acceptors (Lipinski definition) is 4. The van der Waals surface area contributed by atoms with Crippen LogP contribution in [0.3, 0.4) is 0 Å². The molecular formula is C11H14N2O3S. The van der Waals surface area contributed by atoms with E-state index in [-0.39, 0.29) is 5.92 Å². The van der Waals surface area contributed by atoms with Crippen molar-refractivity contribution in [3.05, 3.63) is 16.1 Å². The van der Waals surface area contributed by atoms with Gasteiger partial charge in [-0.15, -0.1) is 11.3 Å². The van der Waals surface area contributed by atoms with Crippen LogP contribution in [0.25, 0.3) is 0 Å². The second kappa shape index (κ2) is 4.10. The maximum Gasteiger partial charge on any atom is 0.329 e. The van der Waals surface area contributed by atoms with Gasteiger partial charge in [-0.05, 0) is 32.6 Å². The number of nitrogens with zero attached hydrogens (tertiary/aromatic N) is 1. The van der Waals surface area contributed by atoms with E-state index in [0.29, 0.717) is 5.69 Å². The molecule has 1 aromatic heterocycles. The number of thiazole rings is 1. The first-order valence-electron chi connectivity index (χ1n) is 5.41. The van der Waals surface area contributed by atoms with Gasteiger partial charge in [0.2, 0.25) is 0 Å². The minimum Gasteiger partial charge on any atom is -0.480 e. The zero-order valence-corrected chi connectivity index (χ0v) is 10.5. The van der Waals surface area contributed by atoms with Crippen LogP contribution in [0.2, 0.25) is 0 Å². The van der Waals surface area contributed by atoms with Crippen LogP contribution in [0.15, 0.2) is 5.38 Å². The first-order chi connectivity index (χ1) is 7.93. The number of carbonyl (C=O) groups is 2. The summed E-state index contributed by atoms with van der Waals surface area (Å²) in [6.45, 7) is 3.36. The number of carboxylic acids is 1. The first kappa shape index (κ1) is 12.0. The van der Waals surface area contributed by atoms with E-state index in [1.54, 1.807) is 19.2 Å². The highest BCUT2D eigenvalue weighted by Gasteiger charge is 2.48. The number of carboxylic acid groups (broad SMARTS) is 1. The summed E-state index contributed by atoms with van der Waals surface area (Å²) < 4.78 is 0. The average molecular weight is 254 g/mol. The molecule has 6 heteroatoms. The molecule has 1 aromatic rings. The lowest BCUT2D eigenvalue weighted by Crippen LogP contribution is -2.54. The van der Waals surface area contributed by atoms with Gasteiger partial charge >= 0.3 is 5.97 Å². The Morgan fingerprint density at radius 1 is 1.59 bits per heavy atom. The normalized spacial score (nSPS) is 18.5. The van der Waals surface area contributed by atoms with Gasteiger partial charge in [-0.1, -0.05) is 0 Å². The van der Waals surface area contributed by atoms with Crippen LogP contribution in [0.4, 0.5) is 0 Å². The monoisotopic (exact) mass is 254 g/mol. The van der Waals surface area contributed by atoms with Crippen molar-refractivity contribution < 1.29 is 14.7 Å². The van der Waals surface area contributed by atoms with E-state index in [2.05, 4.69) is 10.3 Å². The van der Waals surface area contributed by atoms with Gasteiger partial charge in [0.15, 0.2) is 0 Å². The van der Waals surface area contributed by atoms with Gasteiger partial charge < -0.3 is 10.4 Å². The summed E-state index contributed by atoms with van der Waals surface area (Å²) in [7, 11) is 0. The van der Waals surface area contributed by atoms with Crippen LogP contribution in [-0.4, -0.2) is 27.5 Å². The molecule has 1 amide bonds. The SMILES string of the molecule is Cc1nc(C(=O)NC(C)(C(=O)O)C2CC2)cs1. The fourth-order valence-electron chi connectivity index (χ4n) is 1.76. The third-order valence-electron chi connectivity index (χ3n) is 3.06. The maximum atomic E-state index is 11.9. The van der Waals surface area contributed by atoms with E-state index in [1.165, 1.54) is 11.3 Å². The average Bonchev–Trinajstić information content (AvgIpc) is 3.01. The molecule has 2 rings (SSSR count). The molecule has 1 aliphatic rings. The molecule has 17 heavy (non-hydrogen) atoms. The van der Waals surface area contributed by atoms with E-state index in [4.69, 9.17) is 0 Å². The smallest absolute Gasteiger partial charge is 0.329 e. The van der Waals surface area contributed by atoms with Gasteiger partial charge in [0.25, 0.3) is 5.91 Å². The molecular weight excluding hydrogens is 240 g/mol. The summed E-state index contributed by atoms with van der Waals surface area (Å²) in [4.78, 5) is 27.2. The van der Waals surface area contributed by atoms with Crippen molar-refractivity contribution in [2.24, 2.45) is 5.92 Å². The molecule has 1 unspecified atom stereocenters. The summed E-state index contributed by atoms with van der Waals surface area (Å²) in [5.41, 5.74) is -0.880. The van der Waals surface area contributed by atoms with Gasteiger partial charge in [0, 0.05) is 5.38 Å². The highest BCUT2D eigenvalue weighted by molar-refractivity contribution is 7.09. The first-order valence-corrected chi connectivity index (χ1v) is 6.29. The lowest BCUT2D eigenvalue weighted by Gasteiger charge is -2.25. The van der Waals surface area contributed by atoms with E-state index in [9.17, 15) is 14.7 Å². The fourth-order valence-corrected chi connectivity index (χ4v) is 2.35. The quantitative estimate of drug-likeness (QED) is 0.852. The molecule has 1 atom stereocenters. The third kappa shape index (κ3) is 2.31. The summed E-state index contributed by atoms with van der Waals surface area (Å²) >= 11 is 1.37. The highest BCUT2D eigenvalue weighted by Crippen LogP contribution is 2.39. The molecule has 0 aromatic carbocycles. The zero-order valence-electron chi connectivity index (χ0n) is 9.69. The lowest BCUT2D eigenvalue weighted by atomic mass is 9.96. The second-order valence-electron chi connectivity index (χ2n) is 4.49. The molecule has 0 saturated heterocycles. The lowest BCUT2D eigenvalue weighted by molar-refractivity contribution is -0.144. The van der Waals surface area contributed by atoms with E-state index < -0.39 is 17.4 Å². The van der Waals surface area contributed by atoms with Gasteiger partial charge in [0.1, 0.15) is 11.2 Å². The molecule has 1 heterocycles. The Balaban J connectivity index is 2.14. The van der Waals surface area contributed by atoms with Crippen LogP contribution in [0.5, 0.6) is 0 Å². The van der Waals surface area contributed by atoms with Gasteiger partial charge in [0.05, 0.1) is 5.01 Å². The number of aromatic nitrogens is 1. The third-order valence-corrected chi connectivity index (χ3v) is 3.84. The number of aliphatic carboxylic acids is 1. The Hall–Kier alpha value is -1.43. The Kier molecular flexibility index (Phi) is 2.91. The molecule has 2 N–H and O–H groups in total. The molecule has 1 saturated carbocycles. The van der Waals surface area contributed by atoms with Gasteiger partial charge in [-0.3, -0.25) is 4.79 Å². The largest absolute Gasteiger partial charge is 0.480 e. The van der Waals surface area contributed by atoms with Crippen molar-refractivity contribution in [1.82, 2.24) is 10.3 Å². The van der Waals surface area contributed by atoms with Crippen LogP contribution < -0.4 is 5.32 Å². The van der Waals surface area contributed by atoms with Crippen molar-refractivity contribution in [3.8, 4) is 0 Å². The van der Waals surface area contributed by atoms with Crippen LogP contribution in [0, 0.1) is 12.8 Å². The maximum absolute atomic E-state index is 11.9. The molecule has 1 fully saturated rings. The molecule has 0 aliphatic heterocycles. The highest BCUT2D eigenvalue weighted by atomic mass is 32.1. The Morgan fingerprint density at radius 2 is 2.24 bits per heavy atom. The van der Waals surface area contributed by atoms with Crippen molar-refractivity contribution in [2.75, 3.05) is 0 Å². The number of hydrogen-bond donors (Lipinski definition) is 2. The topological polar surface area (TPSA) is 79.3 Å². The molecule has 0 radical (unpaired) electrons. The Bertz CT molecular complexity index is 467. The van der Waals surface area contributed by atoms with Crippen molar-refractivity contribution in [1.29, 1.82) is 0 Å². The molecule has 1 aliphatic carbocycles. The van der Waals surface area contributed by atoms with E-state index in [0.717, 1.165) is 17.8 Å². The van der Waals surface area contributed by atoms with Crippen LogP contribution >= 0.6 is 11.3 Å². The standard InChI is InChI=1S/C11H14N2O3S/c1-6-12-8(5-17-6)9(14)13-11(2,10(15)16)7-3-4-7/h5,7H,3-4H2,1-2H3,(H,13,14)(H,15,16). The molecule has 0 bridgehead atoms. The number of aryl methyl sites for hydroxylation is 1. The number of amides is 1. The molecule has 0 spiro atoms. The van der Waals surface area contributed by atoms with Gasteiger partial charge in [-0.2, -0.15) is 0 Å². The van der Waals surface area contributed by atoms with Crippen molar-refractivity contribution in [3.63, 3.8) is 0 Å². The minimum atomic E-state index is -1.17. The summed E-state index contributed by atoms with van der Waals surface area (Å²) in [6, 6.07) is 0. The summed E-state index contributed by atoms with van der Waals surface area (Å²) in [6.07, 6.45) is 1.69. The summed E-state index contributed by atoms with van der Waals surface area (Å²) in [5.74, 6) is -1.37. The molecule has 5 nitrogen and oxygen atoms in total. The van der Waals surface area contributed by atoms with E-state index in [1.807, 2.05) is 0 Å². The van der Waals surface area contributed by atoms with E-state index >= 15 is 0 Å². The van der Waals surface area contributed by atoms with Crippen LogP contribution in [0.1, 0.15) is 35.3 Å². The minimum absolute atomic E-state index is 0.0312.